The highest BCUT2D eigenvalue weighted by molar-refractivity contribution is 7.18. The van der Waals surface area contributed by atoms with Crippen LogP contribution in [0.3, 0.4) is 0 Å². The molecule has 0 fully saturated rings. The Morgan fingerprint density at radius 1 is 0.583 bits per heavy atom. The van der Waals surface area contributed by atoms with Gasteiger partial charge in [-0.15, -0.1) is 22.2 Å². The molecule has 0 unspecified atom stereocenters. The molecule has 0 aliphatic heterocycles. The predicted molar refractivity (Wildman–Crippen MR) is 60.9 cm³/mol. The highest BCUT2D eigenvalue weighted by atomic mass is 35.6. The van der Waals surface area contributed by atoms with Crippen LogP contribution >= 0.6 is 68.6 Å². The van der Waals surface area contributed by atoms with Gasteiger partial charge in [0.05, 0.1) is 18.5 Å². The van der Waals surface area contributed by atoms with Crippen LogP contribution in [0.4, 0.5) is 0 Å². The Bertz CT molecular complexity index is 232. The van der Waals surface area contributed by atoms with Gasteiger partial charge in [-0.25, -0.2) is 0 Å². The second kappa shape index (κ2) is 4.45. The van der Waals surface area contributed by atoms with Gasteiger partial charge in [0, 0.05) is 0 Å². The third kappa shape index (κ3) is 2.01. The summed E-state index contributed by atoms with van der Waals surface area (Å²) in [5.74, 6) is 0. The number of hydrogen-bond donors (Lipinski definition) is 0. The third-order valence-electron chi connectivity index (χ3n) is 1.16. The molecule has 0 aliphatic carbocycles. The molecule has 0 spiro atoms. The Labute approximate surface area is 102 Å². The smallest absolute Gasteiger partial charge is 0.130 e. The second-order valence-corrected chi connectivity index (χ2v) is 10.2. The van der Waals surface area contributed by atoms with Crippen LogP contribution in [0.5, 0.6) is 0 Å². The van der Waals surface area contributed by atoms with Crippen LogP contribution < -0.4 is 0 Å². The third-order valence-corrected chi connectivity index (χ3v) is 11.5. The summed E-state index contributed by atoms with van der Waals surface area (Å²) in [7, 11) is -3.28. The van der Waals surface area contributed by atoms with Crippen LogP contribution in [0.1, 0.15) is 0 Å². The van der Waals surface area contributed by atoms with Crippen molar-refractivity contribution in [2.75, 3.05) is 0 Å². The first kappa shape index (κ1) is 11.7. The SMILES string of the molecule is Clc1c(Cl)[si](Cl)c(Cl)c(Cl)[si]1Cl. The van der Waals surface area contributed by atoms with Crippen LogP contribution in [-0.2, 0) is 0 Å². The molecule has 0 saturated carbocycles. The Kier molecular flexibility index (Phi) is 4.35. The first-order valence-electron chi connectivity index (χ1n) is 2.63. The molecule has 1 rings (SSSR count). The summed E-state index contributed by atoms with van der Waals surface area (Å²) in [4.78, 5) is 0. The van der Waals surface area contributed by atoms with E-state index in [0.29, 0.717) is 18.5 Å². The molecule has 0 bridgehead atoms. The van der Waals surface area contributed by atoms with Crippen LogP contribution in [0.25, 0.3) is 0 Å². The van der Waals surface area contributed by atoms with Gasteiger partial charge in [-0.2, -0.15) is 0 Å². The summed E-state index contributed by atoms with van der Waals surface area (Å²) in [6.07, 6.45) is 0. The van der Waals surface area contributed by atoms with E-state index in [1.54, 1.807) is 0 Å². The van der Waals surface area contributed by atoms with E-state index in [0.717, 1.165) is 0 Å². The van der Waals surface area contributed by atoms with E-state index < -0.39 is 15.4 Å². The van der Waals surface area contributed by atoms with Gasteiger partial charge in [-0.1, -0.05) is 46.4 Å². The lowest BCUT2D eigenvalue weighted by Crippen LogP contribution is -2.00. The summed E-state index contributed by atoms with van der Waals surface area (Å²) in [6.45, 7) is 0. The normalized spacial score (nSPS) is 10.5. The first-order valence-corrected chi connectivity index (χ1v) is 9.17. The maximum Gasteiger partial charge on any atom is 0.193 e. The minimum absolute atomic E-state index is 0.377. The van der Waals surface area contributed by atoms with Gasteiger partial charge in [0.2, 0.25) is 0 Å². The Morgan fingerprint density at radius 2 is 0.750 bits per heavy atom. The zero-order valence-electron chi connectivity index (χ0n) is 5.27. The highest BCUT2D eigenvalue weighted by Crippen LogP contribution is 2.32. The van der Waals surface area contributed by atoms with Crippen molar-refractivity contribution in [2.45, 2.75) is 0 Å². The molecule has 0 N–H and O–H groups in total. The van der Waals surface area contributed by atoms with Crippen molar-refractivity contribution in [3.05, 3.63) is 18.5 Å². The van der Waals surface area contributed by atoms with E-state index in [1.165, 1.54) is 0 Å². The van der Waals surface area contributed by atoms with Crippen LogP contribution in [0, 0.1) is 0 Å². The average Bonchev–Trinajstić information content (AvgIpc) is 2.08. The Hall–Kier alpha value is 1.65. The topological polar surface area (TPSA) is 0 Å². The van der Waals surface area contributed by atoms with E-state index in [4.69, 9.17) is 68.6 Å². The van der Waals surface area contributed by atoms with Gasteiger partial charge >= 0.3 is 0 Å². The number of hydrogen-bond acceptors (Lipinski definition) is 0. The highest BCUT2D eigenvalue weighted by Gasteiger charge is 2.18. The van der Waals surface area contributed by atoms with Gasteiger partial charge < -0.3 is 0 Å². The molecular formula is C4Cl6Si2. The molecule has 0 nitrogen and oxygen atoms in total. The van der Waals surface area contributed by atoms with Crippen LogP contribution in [0.15, 0.2) is 0 Å². The summed E-state index contributed by atoms with van der Waals surface area (Å²) >= 11 is 35.0. The van der Waals surface area contributed by atoms with E-state index in [2.05, 4.69) is 0 Å². The molecule has 1 aromatic rings. The van der Waals surface area contributed by atoms with Gasteiger partial charge in [-0.3, -0.25) is 0 Å². The maximum absolute atomic E-state index is 5.88. The molecule has 0 aliphatic rings. The fourth-order valence-corrected chi connectivity index (χ4v) is 8.46. The zero-order valence-corrected chi connectivity index (χ0v) is 11.8. The standard InChI is InChI=1S/C4Cl6Si2/c5-1-2(6)12(10)4(8)3(7)11(1)9. The number of halogens is 6. The van der Waals surface area contributed by atoms with Gasteiger partial charge in [0.1, 0.15) is 0 Å². The summed E-state index contributed by atoms with van der Waals surface area (Å²) in [5.41, 5.74) is 0. The van der Waals surface area contributed by atoms with E-state index in [-0.39, 0.29) is 0 Å². The van der Waals surface area contributed by atoms with Crippen LogP contribution in [0.2, 0.25) is 18.5 Å². The largest absolute Gasteiger partial charge is 0.193 e. The fraction of sp³-hybridized carbons (Fsp3) is 0. The van der Waals surface area contributed by atoms with E-state index >= 15 is 0 Å². The maximum atomic E-state index is 5.88. The molecular weight excluding hydrogens is 317 g/mol. The zero-order chi connectivity index (χ0) is 9.46. The van der Waals surface area contributed by atoms with Gasteiger partial charge in [0.15, 0.2) is 15.4 Å². The lowest BCUT2D eigenvalue weighted by atomic mass is 11.1. The van der Waals surface area contributed by atoms with E-state index in [1.807, 2.05) is 0 Å². The van der Waals surface area contributed by atoms with Crippen molar-refractivity contribution in [3.8, 4) is 0 Å². The van der Waals surface area contributed by atoms with Crippen molar-refractivity contribution in [2.24, 2.45) is 0 Å². The summed E-state index contributed by atoms with van der Waals surface area (Å²) in [6, 6.07) is 0. The molecule has 0 atom stereocenters. The monoisotopic (exact) mass is 314 g/mol. The van der Waals surface area contributed by atoms with Gasteiger partial charge in [-0.05, 0) is 0 Å². The lowest BCUT2D eigenvalue weighted by molar-refractivity contribution is 2.09. The van der Waals surface area contributed by atoms with Crippen molar-refractivity contribution in [1.82, 2.24) is 0 Å². The quantitative estimate of drug-likeness (QED) is 0.493. The minimum atomic E-state index is -1.64. The fourth-order valence-electron chi connectivity index (χ4n) is 0.578. The summed E-state index contributed by atoms with van der Waals surface area (Å²) < 4.78 is 1.51. The minimum Gasteiger partial charge on any atom is -0.130 e. The molecule has 0 radical (unpaired) electrons. The predicted octanol–water partition coefficient (Wildman–Crippen LogP) is 4.36. The molecule has 0 saturated heterocycles. The van der Waals surface area contributed by atoms with Crippen LogP contribution in [-0.4, -0.2) is 15.4 Å². The molecule has 1 aromatic heterocycles. The summed E-state index contributed by atoms with van der Waals surface area (Å²) in [5, 5.41) is 0. The molecule has 66 valence electrons. The molecule has 0 amide bonds. The molecule has 0 aromatic carbocycles. The van der Waals surface area contributed by atoms with Crippen molar-refractivity contribution in [1.29, 1.82) is 0 Å². The van der Waals surface area contributed by atoms with Crippen molar-refractivity contribution in [3.63, 3.8) is 0 Å². The van der Waals surface area contributed by atoms with Crippen molar-refractivity contribution < 1.29 is 0 Å². The van der Waals surface area contributed by atoms with Gasteiger partial charge in [0.25, 0.3) is 0 Å². The first-order chi connectivity index (χ1) is 5.46. The lowest BCUT2D eigenvalue weighted by Gasteiger charge is -2.05. The molecule has 12 heavy (non-hydrogen) atoms. The van der Waals surface area contributed by atoms with Crippen molar-refractivity contribution >= 4 is 84.0 Å². The average molecular weight is 317 g/mol. The Morgan fingerprint density at radius 3 is 0.917 bits per heavy atom. The molecule has 1 heterocycles. The number of rotatable bonds is 0. The Balaban J connectivity index is 3.60. The van der Waals surface area contributed by atoms with E-state index in [9.17, 15) is 0 Å². The molecule has 8 heteroatoms. The second-order valence-electron chi connectivity index (χ2n) is 1.88.